The molecule has 0 atom stereocenters. The van der Waals surface area contributed by atoms with Crippen LogP contribution in [0, 0.1) is 12.1 Å². The van der Waals surface area contributed by atoms with Gasteiger partial charge in [0.05, 0.1) is 30.5 Å². The number of para-hydroxylation sites is 3. The van der Waals surface area contributed by atoms with E-state index in [-0.39, 0.29) is 20.1 Å². The third-order valence-corrected chi connectivity index (χ3v) is 10.7. The second kappa shape index (κ2) is 14.5. The minimum absolute atomic E-state index is 0. The van der Waals surface area contributed by atoms with E-state index in [2.05, 4.69) is 102 Å². The summed E-state index contributed by atoms with van der Waals surface area (Å²) in [4.78, 5) is 9.58. The molecule has 0 bridgehead atoms. The first-order valence-electron chi connectivity index (χ1n) is 16.9. The summed E-state index contributed by atoms with van der Waals surface area (Å²) in [6.45, 7) is 11.5. The molecule has 0 unspecified atom stereocenters. The maximum Gasteiger partial charge on any atom is 0.120 e. The van der Waals surface area contributed by atoms with Crippen molar-refractivity contribution in [1.29, 1.82) is 0 Å². The summed E-state index contributed by atoms with van der Waals surface area (Å²) in [6.07, 6.45) is 1.98. The van der Waals surface area contributed by atoms with Crippen molar-refractivity contribution in [3.05, 3.63) is 151 Å². The molecule has 0 aliphatic rings. The summed E-state index contributed by atoms with van der Waals surface area (Å²) in [5, 5.41) is 3.48. The number of pyridine rings is 1. The second-order valence-electron chi connectivity index (χ2n) is 13.3. The molecular formula is C43H39IrN3OSi-2. The Kier molecular flexibility index (Phi) is 9.72. The number of furan rings is 1. The summed E-state index contributed by atoms with van der Waals surface area (Å²) >= 11 is 0. The smallest absolute Gasteiger partial charge is 0.120 e. The van der Waals surface area contributed by atoms with Gasteiger partial charge in [0.15, 0.2) is 0 Å². The number of nitrogens with zero attached hydrogens (tertiary/aromatic N) is 3. The number of hydrogen-bond donors (Lipinski definition) is 0. The topological polar surface area (TPSA) is 43.9 Å². The Morgan fingerprint density at radius 3 is 2.31 bits per heavy atom. The van der Waals surface area contributed by atoms with E-state index in [1.807, 2.05) is 80.7 Å². The van der Waals surface area contributed by atoms with Crippen molar-refractivity contribution in [2.75, 3.05) is 0 Å². The van der Waals surface area contributed by atoms with Gasteiger partial charge in [-0.25, -0.2) is 0 Å². The van der Waals surface area contributed by atoms with Crippen molar-refractivity contribution in [2.45, 2.75) is 45.9 Å². The number of aromatic nitrogens is 3. The van der Waals surface area contributed by atoms with E-state index in [9.17, 15) is 0 Å². The van der Waals surface area contributed by atoms with E-state index in [0.717, 1.165) is 67.7 Å². The maximum atomic E-state index is 8.44. The second-order valence-corrected chi connectivity index (χ2v) is 18.4. The van der Waals surface area contributed by atoms with Crippen molar-refractivity contribution in [3.8, 4) is 22.6 Å². The molecule has 0 fully saturated rings. The van der Waals surface area contributed by atoms with Crippen LogP contribution >= 0.6 is 0 Å². The number of benzene rings is 5. The van der Waals surface area contributed by atoms with Crippen LogP contribution in [0.5, 0.6) is 0 Å². The Morgan fingerprint density at radius 2 is 1.55 bits per heavy atom. The van der Waals surface area contributed by atoms with Gasteiger partial charge in [-0.3, -0.25) is 4.98 Å². The minimum atomic E-state index is -1.50. The van der Waals surface area contributed by atoms with Crippen molar-refractivity contribution in [3.63, 3.8) is 0 Å². The molecule has 3 aromatic heterocycles. The summed E-state index contributed by atoms with van der Waals surface area (Å²) in [7, 11) is -1.50. The van der Waals surface area contributed by atoms with Gasteiger partial charge < -0.3 is 14.0 Å². The number of imidazole rings is 1. The van der Waals surface area contributed by atoms with Crippen molar-refractivity contribution in [2.24, 2.45) is 0 Å². The molecule has 0 amide bonds. The van der Waals surface area contributed by atoms with Crippen molar-refractivity contribution in [1.82, 2.24) is 14.5 Å². The Bertz CT molecular complexity index is 2390. The van der Waals surface area contributed by atoms with Gasteiger partial charge in [-0.2, -0.15) is 0 Å². The first-order chi connectivity index (χ1) is 23.6. The standard InChI is InChI=1S/C26H17N2O.C17H22NSi.Ir/c1-2-9-18(10-3-1)17-28-23-15-6-5-14-22(23)27-26(28)21-13-8-12-20-19-11-4-7-16-24(19)29-25(20)21;1-13(2)15-11-16(14-9-7-6-8-10-14)18-12-17(15)19(3,4)5;/h1-12,14-16H,17H2;6-9,11-13H,1-5H3;/q2*-1;/i;13D;. The van der Waals surface area contributed by atoms with E-state index in [4.69, 9.17) is 10.8 Å². The molecule has 5 aromatic carbocycles. The third kappa shape index (κ3) is 7.09. The SMILES string of the molecule is [2H]C(C)(C)c1cc(-c2[c-]cccc2)ncc1[Si](C)(C)C.[Ir].[c-]1ccc2c(oc3ccccc32)c1-c1nc2ccccc2n1Cc1ccccc1. The number of fused-ring (bicyclic) bond motifs is 4. The number of rotatable bonds is 6. The molecule has 3 heterocycles. The molecule has 4 nitrogen and oxygen atoms in total. The van der Waals surface area contributed by atoms with Crippen LogP contribution in [0.15, 0.2) is 132 Å². The summed E-state index contributed by atoms with van der Waals surface area (Å²) in [5.41, 5.74) is 8.90. The molecule has 0 spiro atoms. The van der Waals surface area contributed by atoms with E-state index < -0.39 is 14.0 Å². The predicted molar refractivity (Wildman–Crippen MR) is 202 cm³/mol. The van der Waals surface area contributed by atoms with Crippen LogP contribution in [0.2, 0.25) is 19.6 Å². The molecule has 0 aliphatic carbocycles. The zero-order valence-electron chi connectivity index (χ0n) is 29.4. The Balaban J connectivity index is 0.000000182. The van der Waals surface area contributed by atoms with Crippen LogP contribution < -0.4 is 5.19 Å². The van der Waals surface area contributed by atoms with Crippen molar-refractivity contribution < 1.29 is 25.9 Å². The number of hydrogen-bond acceptors (Lipinski definition) is 3. The fourth-order valence-electron chi connectivity index (χ4n) is 6.22. The van der Waals surface area contributed by atoms with Gasteiger partial charge in [-0.1, -0.05) is 117 Å². The first kappa shape index (κ1) is 32.9. The van der Waals surface area contributed by atoms with Gasteiger partial charge >= 0.3 is 0 Å². The van der Waals surface area contributed by atoms with Crippen LogP contribution in [-0.4, -0.2) is 22.6 Å². The van der Waals surface area contributed by atoms with Gasteiger partial charge in [-0.05, 0) is 40.5 Å². The minimum Gasteiger partial charge on any atom is -0.501 e. The Labute approximate surface area is 304 Å². The summed E-state index contributed by atoms with van der Waals surface area (Å²) < 4.78 is 16.9. The molecule has 0 saturated heterocycles. The monoisotopic (exact) mass is 835 g/mol. The van der Waals surface area contributed by atoms with Crippen LogP contribution in [0.3, 0.4) is 0 Å². The van der Waals surface area contributed by atoms with Gasteiger partial charge in [0.25, 0.3) is 0 Å². The summed E-state index contributed by atoms with van der Waals surface area (Å²) in [6, 6.07) is 47.4. The fourth-order valence-corrected chi connectivity index (χ4v) is 7.80. The van der Waals surface area contributed by atoms with E-state index in [1.54, 1.807) is 0 Å². The van der Waals surface area contributed by atoms with Crippen LogP contribution in [-0.2, 0) is 26.7 Å². The van der Waals surface area contributed by atoms with E-state index in [1.165, 1.54) is 10.8 Å². The molecule has 6 heteroatoms. The zero-order chi connectivity index (χ0) is 34.2. The summed E-state index contributed by atoms with van der Waals surface area (Å²) in [5.74, 6) is 0.266. The Hall–Kier alpha value is -4.61. The van der Waals surface area contributed by atoms with Gasteiger partial charge in [0.2, 0.25) is 0 Å². The Morgan fingerprint density at radius 1 is 0.816 bits per heavy atom. The average molecular weight is 835 g/mol. The maximum absolute atomic E-state index is 8.44. The van der Waals surface area contributed by atoms with Crippen molar-refractivity contribution >= 4 is 46.2 Å². The molecule has 247 valence electrons. The zero-order valence-corrected chi connectivity index (χ0v) is 31.8. The van der Waals surface area contributed by atoms with Crippen LogP contribution in [0.1, 0.15) is 32.2 Å². The predicted octanol–water partition coefficient (Wildman–Crippen LogP) is 10.7. The molecule has 49 heavy (non-hydrogen) atoms. The van der Waals surface area contributed by atoms with E-state index in [0.29, 0.717) is 0 Å². The molecule has 1 radical (unpaired) electrons. The molecule has 8 aromatic rings. The normalized spacial score (nSPS) is 12.0. The van der Waals surface area contributed by atoms with Gasteiger partial charge in [-0.15, -0.1) is 54.1 Å². The van der Waals surface area contributed by atoms with Gasteiger partial charge in [0, 0.05) is 39.6 Å². The van der Waals surface area contributed by atoms with Gasteiger partial charge in [0.1, 0.15) is 5.58 Å². The quantitative estimate of drug-likeness (QED) is 0.124. The first-order valence-corrected chi connectivity index (χ1v) is 19.9. The van der Waals surface area contributed by atoms with Crippen LogP contribution in [0.4, 0.5) is 0 Å². The van der Waals surface area contributed by atoms with Crippen LogP contribution in [0.25, 0.3) is 55.6 Å². The molecule has 0 aliphatic heterocycles. The molecule has 0 saturated carbocycles. The molecule has 0 N–H and O–H groups in total. The molecular weight excluding hydrogens is 795 g/mol. The fraction of sp³-hybridized carbons (Fsp3) is 0.163. The van der Waals surface area contributed by atoms with E-state index >= 15 is 0 Å². The third-order valence-electron chi connectivity index (χ3n) is 8.64. The average Bonchev–Trinajstić information content (AvgIpc) is 3.67. The molecule has 8 rings (SSSR count). The largest absolute Gasteiger partial charge is 0.501 e.